The molecule has 3 nitrogen and oxygen atoms in total. The lowest BCUT2D eigenvalue weighted by Gasteiger charge is -2.22. The van der Waals surface area contributed by atoms with Crippen LogP contribution in [0.15, 0.2) is 54.6 Å². The van der Waals surface area contributed by atoms with E-state index in [1.54, 1.807) is 0 Å². The minimum Gasteiger partial charge on any atom is -0.449 e. The van der Waals surface area contributed by atoms with Crippen molar-refractivity contribution in [2.45, 2.75) is 6.42 Å². The number of nitrogens with one attached hydrogen (secondary N) is 1. The van der Waals surface area contributed by atoms with Crippen molar-refractivity contribution in [3.8, 4) is 34.1 Å². The van der Waals surface area contributed by atoms with Crippen molar-refractivity contribution in [1.29, 1.82) is 0 Å². The van der Waals surface area contributed by atoms with Gasteiger partial charge < -0.3 is 14.8 Å². The summed E-state index contributed by atoms with van der Waals surface area (Å²) in [6.45, 7) is 0. The maximum absolute atomic E-state index is 6.08. The van der Waals surface area contributed by atoms with E-state index in [-0.39, 0.29) is 0 Å². The van der Waals surface area contributed by atoms with E-state index < -0.39 is 0 Å². The van der Waals surface area contributed by atoms with E-state index in [1.807, 2.05) is 25.2 Å². The topological polar surface area (TPSA) is 30.5 Å². The Hall–Kier alpha value is -2.94. The summed E-state index contributed by atoms with van der Waals surface area (Å²) in [5, 5.41) is 3.12. The number of anilines is 1. The third-order valence-electron chi connectivity index (χ3n) is 4.53. The molecule has 23 heavy (non-hydrogen) atoms. The van der Waals surface area contributed by atoms with Gasteiger partial charge in [-0.2, -0.15) is 0 Å². The van der Waals surface area contributed by atoms with Gasteiger partial charge in [0.25, 0.3) is 0 Å². The zero-order valence-corrected chi connectivity index (χ0v) is 12.7. The number of ether oxygens (including phenoxy) is 2. The smallest absolute Gasteiger partial charge is 0.172 e. The zero-order valence-electron chi connectivity index (χ0n) is 12.7. The Balaban J connectivity index is 1.61. The van der Waals surface area contributed by atoms with Gasteiger partial charge in [0.05, 0.1) is 0 Å². The average Bonchev–Trinajstić information content (AvgIpc) is 2.94. The van der Waals surface area contributed by atoms with Gasteiger partial charge in [0, 0.05) is 18.8 Å². The molecule has 1 aliphatic heterocycles. The van der Waals surface area contributed by atoms with E-state index >= 15 is 0 Å². The summed E-state index contributed by atoms with van der Waals surface area (Å²) in [6.07, 6.45) is 0.950. The van der Waals surface area contributed by atoms with Crippen molar-refractivity contribution in [1.82, 2.24) is 0 Å². The van der Waals surface area contributed by atoms with Crippen LogP contribution in [-0.4, -0.2) is 7.05 Å². The van der Waals surface area contributed by atoms with Crippen LogP contribution >= 0.6 is 0 Å². The molecule has 0 atom stereocenters. The van der Waals surface area contributed by atoms with Crippen LogP contribution in [0.3, 0.4) is 0 Å². The minimum atomic E-state index is 0.750. The van der Waals surface area contributed by atoms with Crippen LogP contribution in [0.1, 0.15) is 11.1 Å². The van der Waals surface area contributed by atoms with Crippen molar-refractivity contribution in [3.05, 3.63) is 65.7 Å². The van der Waals surface area contributed by atoms with Crippen LogP contribution in [0.2, 0.25) is 0 Å². The van der Waals surface area contributed by atoms with Gasteiger partial charge in [-0.15, -0.1) is 0 Å². The molecule has 3 aromatic rings. The number of fused-ring (bicyclic) bond motifs is 5. The van der Waals surface area contributed by atoms with E-state index in [1.165, 1.54) is 22.3 Å². The molecule has 3 aromatic carbocycles. The molecule has 112 valence electrons. The first-order valence-electron chi connectivity index (χ1n) is 7.74. The van der Waals surface area contributed by atoms with Crippen molar-refractivity contribution >= 4 is 5.69 Å². The summed E-state index contributed by atoms with van der Waals surface area (Å²) in [5.74, 6) is 3.07. The molecular weight excluding hydrogens is 286 g/mol. The van der Waals surface area contributed by atoms with Crippen molar-refractivity contribution in [3.63, 3.8) is 0 Å². The standard InChI is InChI=1S/C20H15NO2/c1-21-14-6-7-17-19(10-14)23-18-9-13-8-12-4-2-3-5-15(12)16(13)11-20(18)22-17/h2-7,9-11,21H,8H2,1H3. The molecule has 1 N–H and O–H groups in total. The number of rotatable bonds is 1. The van der Waals surface area contributed by atoms with Crippen LogP contribution in [0.25, 0.3) is 11.1 Å². The SMILES string of the molecule is CNc1ccc2c(c1)Oc1cc3c(cc1O2)-c1ccccc1C3. The molecule has 5 rings (SSSR count). The van der Waals surface area contributed by atoms with Gasteiger partial charge in [-0.25, -0.2) is 0 Å². The molecule has 1 aliphatic carbocycles. The molecule has 0 amide bonds. The maximum atomic E-state index is 6.08. The van der Waals surface area contributed by atoms with Crippen LogP contribution < -0.4 is 14.8 Å². The summed E-state index contributed by atoms with van der Waals surface area (Å²) in [4.78, 5) is 0. The first kappa shape index (κ1) is 12.6. The summed E-state index contributed by atoms with van der Waals surface area (Å²) >= 11 is 0. The van der Waals surface area contributed by atoms with Crippen molar-refractivity contribution in [2.75, 3.05) is 12.4 Å². The number of benzene rings is 3. The fraction of sp³-hybridized carbons (Fsp3) is 0.100. The third-order valence-corrected chi connectivity index (χ3v) is 4.53. The van der Waals surface area contributed by atoms with Gasteiger partial charge in [-0.05, 0) is 52.9 Å². The molecular formula is C20H15NO2. The molecule has 0 fully saturated rings. The van der Waals surface area contributed by atoms with Gasteiger partial charge in [0.15, 0.2) is 23.0 Å². The summed E-state index contributed by atoms with van der Waals surface area (Å²) in [7, 11) is 1.89. The Labute approximate surface area is 134 Å². The van der Waals surface area contributed by atoms with Crippen LogP contribution in [-0.2, 0) is 6.42 Å². The normalized spacial score (nSPS) is 13.1. The second kappa shape index (κ2) is 4.53. The maximum Gasteiger partial charge on any atom is 0.172 e. The predicted molar refractivity (Wildman–Crippen MR) is 90.8 cm³/mol. The summed E-state index contributed by atoms with van der Waals surface area (Å²) in [5.41, 5.74) is 6.20. The third kappa shape index (κ3) is 1.83. The van der Waals surface area contributed by atoms with Gasteiger partial charge in [0.1, 0.15) is 0 Å². The van der Waals surface area contributed by atoms with E-state index in [4.69, 9.17) is 9.47 Å². The first-order chi connectivity index (χ1) is 11.3. The zero-order chi connectivity index (χ0) is 15.4. The van der Waals surface area contributed by atoms with E-state index in [2.05, 4.69) is 41.7 Å². The molecule has 0 spiro atoms. The van der Waals surface area contributed by atoms with E-state index in [9.17, 15) is 0 Å². The molecule has 0 saturated heterocycles. The second-order valence-electron chi connectivity index (χ2n) is 5.91. The Bertz CT molecular complexity index is 946. The Kier molecular flexibility index (Phi) is 2.48. The highest BCUT2D eigenvalue weighted by Crippen LogP contribution is 2.50. The fourth-order valence-electron chi connectivity index (χ4n) is 3.37. The predicted octanol–water partition coefficient (Wildman–Crippen LogP) is 5.20. The Morgan fingerprint density at radius 2 is 1.52 bits per heavy atom. The molecule has 0 saturated carbocycles. The first-order valence-corrected chi connectivity index (χ1v) is 7.74. The highest BCUT2D eigenvalue weighted by atomic mass is 16.6. The molecule has 0 bridgehead atoms. The Morgan fingerprint density at radius 3 is 2.43 bits per heavy atom. The highest BCUT2D eigenvalue weighted by molar-refractivity contribution is 5.80. The monoisotopic (exact) mass is 301 g/mol. The number of hydrogen-bond acceptors (Lipinski definition) is 3. The van der Waals surface area contributed by atoms with Crippen molar-refractivity contribution in [2.24, 2.45) is 0 Å². The molecule has 0 aromatic heterocycles. The molecule has 2 aliphatic rings. The van der Waals surface area contributed by atoms with Crippen LogP contribution in [0.4, 0.5) is 5.69 Å². The van der Waals surface area contributed by atoms with Gasteiger partial charge in [0.2, 0.25) is 0 Å². The molecule has 0 unspecified atom stereocenters. The molecule has 3 heteroatoms. The fourth-order valence-corrected chi connectivity index (χ4v) is 3.37. The minimum absolute atomic E-state index is 0.750. The van der Waals surface area contributed by atoms with Crippen LogP contribution in [0, 0.1) is 0 Å². The van der Waals surface area contributed by atoms with E-state index in [0.717, 1.165) is 35.1 Å². The molecule has 1 heterocycles. The van der Waals surface area contributed by atoms with Crippen LogP contribution in [0.5, 0.6) is 23.0 Å². The highest BCUT2D eigenvalue weighted by Gasteiger charge is 2.25. The van der Waals surface area contributed by atoms with Gasteiger partial charge in [-0.3, -0.25) is 0 Å². The number of hydrogen-bond donors (Lipinski definition) is 1. The molecule has 0 radical (unpaired) electrons. The summed E-state index contributed by atoms with van der Waals surface area (Å²) < 4.78 is 12.1. The lowest BCUT2D eigenvalue weighted by Crippen LogP contribution is -2.01. The summed E-state index contributed by atoms with van der Waals surface area (Å²) in [6, 6.07) is 18.6. The lowest BCUT2D eigenvalue weighted by atomic mass is 10.0. The Morgan fingerprint density at radius 1 is 0.739 bits per heavy atom. The average molecular weight is 301 g/mol. The van der Waals surface area contributed by atoms with Gasteiger partial charge in [-0.1, -0.05) is 24.3 Å². The van der Waals surface area contributed by atoms with Crippen molar-refractivity contribution < 1.29 is 9.47 Å². The van der Waals surface area contributed by atoms with Gasteiger partial charge >= 0.3 is 0 Å². The largest absolute Gasteiger partial charge is 0.449 e. The second-order valence-corrected chi connectivity index (χ2v) is 5.91. The lowest BCUT2D eigenvalue weighted by molar-refractivity contribution is 0.359. The van der Waals surface area contributed by atoms with E-state index in [0.29, 0.717) is 0 Å². The quantitative estimate of drug-likeness (QED) is 0.462.